The third-order valence-electron chi connectivity index (χ3n) is 5.07. The summed E-state index contributed by atoms with van der Waals surface area (Å²) in [5, 5.41) is 3.85. The molecule has 2 aliphatic rings. The lowest BCUT2D eigenvalue weighted by atomic mass is 9.79. The van der Waals surface area contributed by atoms with E-state index >= 15 is 0 Å². The van der Waals surface area contributed by atoms with E-state index in [2.05, 4.69) is 31.0 Å². The SMILES string of the molecule is CC(C)CCOCCN1CC2(CCCCC2)NCC1C. The summed E-state index contributed by atoms with van der Waals surface area (Å²) >= 11 is 0. The lowest BCUT2D eigenvalue weighted by Crippen LogP contribution is -2.64. The van der Waals surface area contributed by atoms with E-state index in [1.54, 1.807) is 0 Å². The fourth-order valence-corrected chi connectivity index (χ4v) is 3.56. The number of nitrogens with zero attached hydrogens (tertiary/aromatic N) is 1. The summed E-state index contributed by atoms with van der Waals surface area (Å²) in [5.74, 6) is 0.749. The van der Waals surface area contributed by atoms with Crippen LogP contribution in [-0.2, 0) is 4.74 Å². The van der Waals surface area contributed by atoms with Gasteiger partial charge in [0, 0.05) is 37.8 Å². The number of piperazine rings is 1. The zero-order valence-electron chi connectivity index (χ0n) is 13.8. The first-order valence-electron chi connectivity index (χ1n) is 8.68. The Morgan fingerprint density at radius 2 is 1.95 bits per heavy atom. The zero-order chi connectivity index (χ0) is 14.4. The minimum absolute atomic E-state index is 0.419. The van der Waals surface area contributed by atoms with Crippen LogP contribution in [-0.4, -0.2) is 49.3 Å². The maximum Gasteiger partial charge on any atom is 0.0593 e. The highest BCUT2D eigenvalue weighted by molar-refractivity contribution is 4.98. The van der Waals surface area contributed by atoms with Crippen molar-refractivity contribution in [2.24, 2.45) is 5.92 Å². The molecular weight excluding hydrogens is 248 g/mol. The van der Waals surface area contributed by atoms with Gasteiger partial charge in [-0.2, -0.15) is 0 Å². The normalized spacial score (nSPS) is 27.3. The van der Waals surface area contributed by atoms with Gasteiger partial charge in [-0.25, -0.2) is 0 Å². The number of ether oxygens (including phenoxy) is 1. The third-order valence-corrected chi connectivity index (χ3v) is 5.07. The summed E-state index contributed by atoms with van der Waals surface area (Å²) in [6, 6.07) is 0.649. The molecule has 1 heterocycles. The molecule has 1 spiro atoms. The molecule has 118 valence electrons. The van der Waals surface area contributed by atoms with Gasteiger partial charge >= 0.3 is 0 Å². The van der Waals surface area contributed by atoms with Crippen molar-refractivity contribution in [3.8, 4) is 0 Å². The summed E-state index contributed by atoms with van der Waals surface area (Å²) in [6.45, 7) is 12.1. The highest BCUT2D eigenvalue weighted by atomic mass is 16.5. The van der Waals surface area contributed by atoms with Crippen LogP contribution in [0, 0.1) is 5.92 Å². The Hall–Kier alpha value is -0.120. The van der Waals surface area contributed by atoms with Crippen LogP contribution in [0.15, 0.2) is 0 Å². The Balaban J connectivity index is 1.71. The molecule has 2 fully saturated rings. The Bertz CT molecular complexity index is 274. The zero-order valence-corrected chi connectivity index (χ0v) is 13.8. The largest absolute Gasteiger partial charge is 0.380 e. The van der Waals surface area contributed by atoms with Gasteiger partial charge in [-0.1, -0.05) is 33.1 Å². The number of nitrogens with one attached hydrogen (secondary N) is 1. The van der Waals surface area contributed by atoms with Gasteiger partial charge in [-0.3, -0.25) is 4.90 Å². The molecule has 0 aromatic heterocycles. The molecule has 0 radical (unpaired) electrons. The highest BCUT2D eigenvalue weighted by Crippen LogP contribution is 2.31. The first-order valence-corrected chi connectivity index (χ1v) is 8.68. The first kappa shape index (κ1) is 16.3. The van der Waals surface area contributed by atoms with Crippen LogP contribution < -0.4 is 5.32 Å². The van der Waals surface area contributed by atoms with Gasteiger partial charge in [0.05, 0.1) is 6.61 Å². The van der Waals surface area contributed by atoms with Crippen molar-refractivity contribution >= 4 is 0 Å². The van der Waals surface area contributed by atoms with E-state index in [1.165, 1.54) is 45.1 Å². The summed E-state index contributed by atoms with van der Waals surface area (Å²) in [7, 11) is 0. The molecule has 3 heteroatoms. The molecule has 1 atom stereocenters. The number of hydrogen-bond donors (Lipinski definition) is 1. The van der Waals surface area contributed by atoms with Crippen molar-refractivity contribution in [2.75, 3.05) is 32.8 Å². The summed E-state index contributed by atoms with van der Waals surface area (Å²) in [5.41, 5.74) is 0.419. The van der Waals surface area contributed by atoms with Gasteiger partial charge in [0.15, 0.2) is 0 Å². The molecular formula is C17H34N2O. The molecule has 1 N–H and O–H groups in total. The van der Waals surface area contributed by atoms with Crippen molar-refractivity contribution in [1.82, 2.24) is 10.2 Å². The molecule has 0 bridgehead atoms. The summed E-state index contributed by atoms with van der Waals surface area (Å²) in [4.78, 5) is 2.65. The Labute approximate surface area is 125 Å². The second-order valence-corrected chi connectivity index (χ2v) is 7.34. The van der Waals surface area contributed by atoms with Crippen LogP contribution >= 0.6 is 0 Å². The molecule has 1 saturated carbocycles. The van der Waals surface area contributed by atoms with E-state index in [0.717, 1.165) is 32.2 Å². The fourth-order valence-electron chi connectivity index (χ4n) is 3.56. The molecule has 3 nitrogen and oxygen atoms in total. The maximum absolute atomic E-state index is 5.81. The van der Waals surface area contributed by atoms with Crippen molar-refractivity contribution in [2.45, 2.75) is 70.9 Å². The standard InChI is InChI=1S/C17H34N2O/c1-15(2)7-11-20-12-10-19-14-17(18-13-16(19)3)8-5-4-6-9-17/h15-16,18H,4-14H2,1-3H3. The minimum atomic E-state index is 0.419. The van der Waals surface area contributed by atoms with Gasteiger partial charge in [0.1, 0.15) is 0 Å². The molecule has 0 amide bonds. The lowest BCUT2D eigenvalue weighted by Gasteiger charge is -2.49. The summed E-state index contributed by atoms with van der Waals surface area (Å²) < 4.78 is 5.81. The van der Waals surface area contributed by atoms with E-state index in [-0.39, 0.29) is 0 Å². The maximum atomic E-state index is 5.81. The minimum Gasteiger partial charge on any atom is -0.380 e. The van der Waals surface area contributed by atoms with Crippen LogP contribution in [0.2, 0.25) is 0 Å². The molecule has 1 unspecified atom stereocenters. The highest BCUT2D eigenvalue weighted by Gasteiger charge is 2.38. The topological polar surface area (TPSA) is 24.5 Å². The van der Waals surface area contributed by atoms with Crippen molar-refractivity contribution in [3.05, 3.63) is 0 Å². The third kappa shape index (κ3) is 4.71. The van der Waals surface area contributed by atoms with Gasteiger partial charge in [-0.15, -0.1) is 0 Å². The van der Waals surface area contributed by atoms with E-state index < -0.39 is 0 Å². The van der Waals surface area contributed by atoms with Gasteiger partial charge < -0.3 is 10.1 Å². The monoisotopic (exact) mass is 282 g/mol. The first-order chi connectivity index (χ1) is 9.61. The van der Waals surface area contributed by atoms with Gasteiger partial charge in [0.25, 0.3) is 0 Å². The smallest absolute Gasteiger partial charge is 0.0593 e. The van der Waals surface area contributed by atoms with Gasteiger partial charge in [0.2, 0.25) is 0 Å². The Morgan fingerprint density at radius 1 is 1.20 bits per heavy atom. The van der Waals surface area contributed by atoms with Crippen molar-refractivity contribution < 1.29 is 4.74 Å². The van der Waals surface area contributed by atoms with Crippen LogP contribution in [0.5, 0.6) is 0 Å². The molecule has 0 aromatic carbocycles. The van der Waals surface area contributed by atoms with Crippen molar-refractivity contribution in [1.29, 1.82) is 0 Å². The van der Waals surface area contributed by atoms with E-state index in [0.29, 0.717) is 11.6 Å². The predicted molar refractivity (Wildman–Crippen MR) is 85.1 cm³/mol. The Kier molecular flexibility index (Phi) is 6.31. The quantitative estimate of drug-likeness (QED) is 0.758. The molecule has 0 aromatic rings. The molecule has 1 saturated heterocycles. The predicted octanol–water partition coefficient (Wildman–Crippen LogP) is 3.05. The van der Waals surface area contributed by atoms with Crippen LogP contribution in [0.3, 0.4) is 0 Å². The van der Waals surface area contributed by atoms with Gasteiger partial charge in [-0.05, 0) is 32.1 Å². The van der Waals surface area contributed by atoms with Crippen LogP contribution in [0.4, 0.5) is 0 Å². The molecule has 20 heavy (non-hydrogen) atoms. The fraction of sp³-hybridized carbons (Fsp3) is 1.00. The molecule has 1 aliphatic carbocycles. The van der Waals surface area contributed by atoms with E-state index in [1.807, 2.05) is 0 Å². The summed E-state index contributed by atoms with van der Waals surface area (Å²) in [6.07, 6.45) is 8.15. The van der Waals surface area contributed by atoms with E-state index in [9.17, 15) is 0 Å². The second-order valence-electron chi connectivity index (χ2n) is 7.34. The van der Waals surface area contributed by atoms with E-state index in [4.69, 9.17) is 4.74 Å². The lowest BCUT2D eigenvalue weighted by molar-refractivity contribution is 0.0310. The Morgan fingerprint density at radius 3 is 2.65 bits per heavy atom. The number of hydrogen-bond acceptors (Lipinski definition) is 3. The van der Waals surface area contributed by atoms with Crippen LogP contribution in [0.25, 0.3) is 0 Å². The average molecular weight is 282 g/mol. The molecule has 2 rings (SSSR count). The van der Waals surface area contributed by atoms with Crippen molar-refractivity contribution in [3.63, 3.8) is 0 Å². The van der Waals surface area contributed by atoms with Crippen LogP contribution in [0.1, 0.15) is 59.3 Å². The average Bonchev–Trinajstić information content (AvgIpc) is 2.43. The molecule has 1 aliphatic heterocycles. The second kappa shape index (κ2) is 7.77. The number of rotatable bonds is 6.